The van der Waals surface area contributed by atoms with Crippen LogP contribution in [0.5, 0.6) is 0 Å². The summed E-state index contributed by atoms with van der Waals surface area (Å²) in [5.74, 6) is 2.97. The summed E-state index contributed by atoms with van der Waals surface area (Å²) in [5, 5.41) is 0. The SMILES string of the molecule is C/C=C/C1CCC2CC(c3ccc(-c4ccc(C)cc4)c(F)c3)CCC2C1. The standard InChI is InChI=1S/C26H31F/c1-3-4-19-7-10-22-16-23(12-11-21(22)15-19)24-13-14-25(26(27)17-24)20-8-5-18(2)6-9-20/h3-6,8-9,13-14,17,19,21-23H,7,10-12,15-16H2,1-2H3/b4-3+. The van der Waals surface area contributed by atoms with Gasteiger partial charge in [0, 0.05) is 5.56 Å². The molecule has 2 aliphatic rings. The zero-order valence-electron chi connectivity index (χ0n) is 16.6. The van der Waals surface area contributed by atoms with Crippen molar-refractivity contribution < 1.29 is 4.39 Å². The smallest absolute Gasteiger partial charge is 0.131 e. The number of benzene rings is 2. The molecule has 2 aromatic carbocycles. The van der Waals surface area contributed by atoms with Crippen molar-refractivity contribution in [3.63, 3.8) is 0 Å². The Kier molecular flexibility index (Phi) is 5.48. The van der Waals surface area contributed by atoms with E-state index in [4.69, 9.17) is 0 Å². The van der Waals surface area contributed by atoms with Crippen LogP contribution in [-0.4, -0.2) is 0 Å². The fourth-order valence-electron chi connectivity index (χ4n) is 5.43. The van der Waals surface area contributed by atoms with Crippen LogP contribution in [0.15, 0.2) is 54.6 Å². The first-order valence-electron chi connectivity index (χ1n) is 10.6. The minimum Gasteiger partial charge on any atom is -0.206 e. The molecular formula is C26H31F. The van der Waals surface area contributed by atoms with Crippen LogP contribution in [0.1, 0.15) is 62.5 Å². The van der Waals surface area contributed by atoms with Gasteiger partial charge in [-0.05, 0) is 93.2 Å². The normalized spacial score (nSPS) is 28.3. The van der Waals surface area contributed by atoms with Crippen LogP contribution < -0.4 is 0 Å². The van der Waals surface area contributed by atoms with Crippen LogP contribution in [-0.2, 0) is 0 Å². The van der Waals surface area contributed by atoms with Crippen molar-refractivity contribution in [3.8, 4) is 11.1 Å². The van der Waals surface area contributed by atoms with Crippen LogP contribution in [0.2, 0.25) is 0 Å². The van der Waals surface area contributed by atoms with Gasteiger partial charge in [-0.25, -0.2) is 4.39 Å². The molecule has 0 heterocycles. The molecule has 0 radical (unpaired) electrons. The van der Waals surface area contributed by atoms with Gasteiger partial charge < -0.3 is 0 Å². The molecule has 2 aliphatic carbocycles. The summed E-state index contributed by atoms with van der Waals surface area (Å²) in [6, 6.07) is 14.1. The van der Waals surface area contributed by atoms with E-state index in [0.717, 1.165) is 28.9 Å². The lowest BCUT2D eigenvalue weighted by Gasteiger charge is -2.41. The van der Waals surface area contributed by atoms with Crippen LogP contribution in [0.4, 0.5) is 4.39 Å². The molecule has 2 saturated carbocycles. The number of hydrogen-bond donors (Lipinski definition) is 0. The number of allylic oxidation sites excluding steroid dienone is 2. The number of fused-ring (bicyclic) bond motifs is 1. The molecule has 1 heteroatoms. The van der Waals surface area contributed by atoms with Gasteiger partial charge in [0.05, 0.1) is 0 Å². The predicted octanol–water partition coefficient (Wildman–Crippen LogP) is 7.68. The summed E-state index contributed by atoms with van der Waals surface area (Å²) in [6.45, 7) is 4.20. The molecule has 4 rings (SSSR count). The first-order chi connectivity index (χ1) is 13.1. The Hall–Kier alpha value is -1.89. The highest BCUT2D eigenvalue weighted by molar-refractivity contribution is 5.64. The minimum absolute atomic E-state index is 0.0738. The van der Waals surface area contributed by atoms with E-state index in [-0.39, 0.29) is 5.82 Å². The van der Waals surface area contributed by atoms with Crippen molar-refractivity contribution in [1.82, 2.24) is 0 Å². The van der Waals surface area contributed by atoms with Gasteiger partial charge in [-0.3, -0.25) is 0 Å². The van der Waals surface area contributed by atoms with Crippen molar-refractivity contribution in [1.29, 1.82) is 0 Å². The predicted molar refractivity (Wildman–Crippen MR) is 112 cm³/mol. The van der Waals surface area contributed by atoms with Gasteiger partial charge in [-0.1, -0.05) is 54.1 Å². The van der Waals surface area contributed by atoms with Crippen LogP contribution in [0, 0.1) is 30.5 Å². The first kappa shape index (κ1) is 18.5. The quantitative estimate of drug-likeness (QED) is 0.491. The van der Waals surface area contributed by atoms with E-state index >= 15 is 0 Å². The zero-order valence-corrected chi connectivity index (χ0v) is 16.6. The van der Waals surface area contributed by atoms with Crippen molar-refractivity contribution in [2.75, 3.05) is 0 Å². The molecule has 0 aromatic heterocycles. The Balaban J connectivity index is 1.47. The molecule has 142 valence electrons. The summed E-state index contributed by atoms with van der Waals surface area (Å²) in [5.41, 5.74) is 4.10. The summed E-state index contributed by atoms with van der Waals surface area (Å²) in [6.07, 6.45) is 12.4. The fourth-order valence-corrected chi connectivity index (χ4v) is 5.43. The molecule has 2 fully saturated rings. The largest absolute Gasteiger partial charge is 0.206 e. The number of rotatable bonds is 3. The Bertz CT molecular complexity index is 801. The zero-order chi connectivity index (χ0) is 18.8. The molecule has 0 aliphatic heterocycles. The maximum atomic E-state index is 14.9. The van der Waals surface area contributed by atoms with Crippen molar-refractivity contribution >= 4 is 0 Å². The third kappa shape index (κ3) is 4.03. The lowest BCUT2D eigenvalue weighted by atomic mass is 9.64. The lowest BCUT2D eigenvalue weighted by molar-refractivity contribution is 0.133. The first-order valence-corrected chi connectivity index (χ1v) is 10.6. The highest BCUT2D eigenvalue weighted by atomic mass is 19.1. The summed E-state index contributed by atoms with van der Waals surface area (Å²) < 4.78 is 14.9. The van der Waals surface area contributed by atoms with Gasteiger partial charge in [-0.2, -0.15) is 0 Å². The number of aryl methyl sites for hydroxylation is 1. The molecule has 4 unspecified atom stereocenters. The summed E-state index contributed by atoms with van der Waals surface area (Å²) >= 11 is 0. The summed E-state index contributed by atoms with van der Waals surface area (Å²) in [7, 11) is 0. The van der Waals surface area contributed by atoms with Gasteiger partial charge in [0.1, 0.15) is 5.82 Å². The Labute approximate surface area is 163 Å². The Morgan fingerprint density at radius 2 is 1.63 bits per heavy atom. The topological polar surface area (TPSA) is 0 Å². The van der Waals surface area contributed by atoms with E-state index in [0.29, 0.717) is 5.92 Å². The molecule has 0 amide bonds. The summed E-state index contributed by atoms with van der Waals surface area (Å²) in [4.78, 5) is 0. The molecule has 0 saturated heterocycles. The molecule has 0 spiro atoms. The second kappa shape index (κ2) is 8.00. The van der Waals surface area contributed by atoms with E-state index in [1.54, 1.807) is 0 Å². The van der Waals surface area contributed by atoms with Crippen LogP contribution >= 0.6 is 0 Å². The number of halogens is 1. The molecule has 2 aromatic rings. The van der Waals surface area contributed by atoms with Gasteiger partial charge in [0.15, 0.2) is 0 Å². The Morgan fingerprint density at radius 3 is 2.37 bits per heavy atom. The van der Waals surface area contributed by atoms with E-state index in [2.05, 4.69) is 32.1 Å². The van der Waals surface area contributed by atoms with E-state index in [9.17, 15) is 4.39 Å². The molecular weight excluding hydrogens is 331 g/mol. The van der Waals surface area contributed by atoms with Crippen molar-refractivity contribution in [2.45, 2.75) is 58.3 Å². The van der Waals surface area contributed by atoms with E-state index in [1.807, 2.05) is 36.4 Å². The monoisotopic (exact) mass is 362 g/mol. The maximum absolute atomic E-state index is 14.9. The molecule has 0 bridgehead atoms. The highest BCUT2D eigenvalue weighted by Gasteiger charge is 2.35. The van der Waals surface area contributed by atoms with E-state index in [1.165, 1.54) is 49.7 Å². The van der Waals surface area contributed by atoms with Crippen molar-refractivity contribution in [3.05, 3.63) is 71.6 Å². The second-order valence-electron chi connectivity index (χ2n) is 8.73. The maximum Gasteiger partial charge on any atom is 0.131 e. The molecule has 0 nitrogen and oxygen atoms in total. The third-order valence-electron chi connectivity index (χ3n) is 6.95. The number of hydrogen-bond acceptors (Lipinski definition) is 0. The third-order valence-corrected chi connectivity index (χ3v) is 6.95. The molecule has 27 heavy (non-hydrogen) atoms. The highest BCUT2D eigenvalue weighted by Crippen LogP contribution is 2.48. The van der Waals surface area contributed by atoms with Gasteiger partial charge >= 0.3 is 0 Å². The Morgan fingerprint density at radius 1 is 0.889 bits per heavy atom. The lowest BCUT2D eigenvalue weighted by Crippen LogP contribution is -2.30. The van der Waals surface area contributed by atoms with Gasteiger partial charge in [0.25, 0.3) is 0 Å². The molecule has 4 atom stereocenters. The van der Waals surface area contributed by atoms with Gasteiger partial charge in [-0.15, -0.1) is 0 Å². The van der Waals surface area contributed by atoms with Crippen molar-refractivity contribution in [2.24, 2.45) is 17.8 Å². The average molecular weight is 363 g/mol. The second-order valence-corrected chi connectivity index (χ2v) is 8.73. The molecule has 0 N–H and O–H groups in total. The van der Waals surface area contributed by atoms with Gasteiger partial charge in [0.2, 0.25) is 0 Å². The van der Waals surface area contributed by atoms with E-state index < -0.39 is 0 Å². The van der Waals surface area contributed by atoms with Crippen LogP contribution in [0.25, 0.3) is 11.1 Å². The average Bonchev–Trinajstić information content (AvgIpc) is 2.68. The fraction of sp³-hybridized carbons (Fsp3) is 0.462. The minimum atomic E-state index is -0.0738. The van der Waals surface area contributed by atoms with Crippen LogP contribution in [0.3, 0.4) is 0 Å².